The van der Waals surface area contributed by atoms with E-state index in [4.69, 9.17) is 16.0 Å². The van der Waals surface area contributed by atoms with E-state index in [1.807, 2.05) is 48.2 Å². The highest BCUT2D eigenvalue weighted by Gasteiger charge is 2.27. The third kappa shape index (κ3) is 4.24. The SMILES string of the molecule is Cc1ccc(-c2cc(C(=O)N3CCN(c4ccccc4Cl)CC3)n(-c3ccc(F)cc3)n2)o1. The lowest BCUT2D eigenvalue weighted by molar-refractivity contribution is 0.0737. The molecule has 1 aliphatic heterocycles. The summed E-state index contributed by atoms with van der Waals surface area (Å²) >= 11 is 6.35. The Morgan fingerprint density at radius 2 is 1.73 bits per heavy atom. The Morgan fingerprint density at radius 1 is 1.00 bits per heavy atom. The number of para-hydroxylation sites is 1. The van der Waals surface area contributed by atoms with Gasteiger partial charge in [0.2, 0.25) is 0 Å². The number of amides is 1. The molecule has 3 heterocycles. The second-order valence-corrected chi connectivity index (χ2v) is 8.35. The summed E-state index contributed by atoms with van der Waals surface area (Å²) < 4.78 is 20.8. The van der Waals surface area contributed by atoms with Crippen LogP contribution in [0.5, 0.6) is 0 Å². The van der Waals surface area contributed by atoms with Gasteiger partial charge in [-0.2, -0.15) is 5.10 Å². The minimum Gasteiger partial charge on any atom is -0.460 e. The van der Waals surface area contributed by atoms with E-state index < -0.39 is 0 Å². The quantitative estimate of drug-likeness (QED) is 0.417. The number of hydrogen-bond acceptors (Lipinski definition) is 4. The number of hydrogen-bond donors (Lipinski definition) is 0. The van der Waals surface area contributed by atoms with Crippen LogP contribution in [0.1, 0.15) is 16.2 Å². The fraction of sp³-hybridized carbons (Fsp3) is 0.200. The average molecular weight is 465 g/mol. The Labute approximate surface area is 195 Å². The summed E-state index contributed by atoms with van der Waals surface area (Å²) in [5.74, 6) is 0.840. The molecule has 0 N–H and O–H groups in total. The molecule has 33 heavy (non-hydrogen) atoms. The molecule has 4 aromatic rings. The van der Waals surface area contributed by atoms with Gasteiger partial charge >= 0.3 is 0 Å². The lowest BCUT2D eigenvalue weighted by Crippen LogP contribution is -2.49. The van der Waals surface area contributed by atoms with Crippen LogP contribution in [0.15, 0.2) is 71.1 Å². The number of furan rings is 1. The van der Waals surface area contributed by atoms with Crippen molar-refractivity contribution in [2.75, 3.05) is 31.1 Å². The standard InChI is InChI=1S/C25H22ClFN4O2/c1-17-6-11-24(33-17)21-16-23(31(28-21)19-9-7-18(27)8-10-19)25(32)30-14-12-29(13-15-30)22-5-3-2-4-20(22)26/h2-11,16H,12-15H2,1H3. The van der Waals surface area contributed by atoms with Crippen LogP contribution in [0.4, 0.5) is 10.1 Å². The maximum Gasteiger partial charge on any atom is 0.272 e. The predicted octanol–water partition coefficient (Wildman–Crippen LogP) is 5.20. The zero-order valence-corrected chi connectivity index (χ0v) is 18.8. The molecule has 6 nitrogen and oxygen atoms in total. The van der Waals surface area contributed by atoms with E-state index in [1.54, 1.807) is 22.9 Å². The van der Waals surface area contributed by atoms with E-state index in [0.717, 1.165) is 11.4 Å². The van der Waals surface area contributed by atoms with Gasteiger partial charge in [0.05, 0.1) is 16.4 Å². The number of carbonyl (C=O) groups is 1. The summed E-state index contributed by atoms with van der Waals surface area (Å²) in [6.07, 6.45) is 0. The number of piperazine rings is 1. The van der Waals surface area contributed by atoms with Crippen molar-refractivity contribution in [2.24, 2.45) is 0 Å². The van der Waals surface area contributed by atoms with Gasteiger partial charge in [-0.05, 0) is 55.5 Å². The van der Waals surface area contributed by atoms with Crippen LogP contribution in [0.3, 0.4) is 0 Å². The van der Waals surface area contributed by atoms with Crippen molar-refractivity contribution in [1.29, 1.82) is 0 Å². The first-order valence-corrected chi connectivity index (χ1v) is 11.1. The third-order valence-electron chi connectivity index (χ3n) is 5.75. The largest absolute Gasteiger partial charge is 0.460 e. The van der Waals surface area contributed by atoms with Crippen molar-refractivity contribution in [3.05, 3.63) is 89.0 Å². The van der Waals surface area contributed by atoms with Gasteiger partial charge in [-0.15, -0.1) is 0 Å². The summed E-state index contributed by atoms with van der Waals surface area (Å²) in [6, 6.07) is 19.0. The van der Waals surface area contributed by atoms with Crippen molar-refractivity contribution >= 4 is 23.2 Å². The third-order valence-corrected chi connectivity index (χ3v) is 6.07. The topological polar surface area (TPSA) is 54.5 Å². The fourth-order valence-corrected chi connectivity index (χ4v) is 4.28. The number of aryl methyl sites for hydroxylation is 1. The number of carbonyl (C=O) groups excluding carboxylic acids is 1. The van der Waals surface area contributed by atoms with E-state index in [-0.39, 0.29) is 11.7 Å². The van der Waals surface area contributed by atoms with Crippen LogP contribution in [-0.4, -0.2) is 46.8 Å². The molecule has 1 amide bonds. The molecule has 2 aromatic heterocycles. The molecule has 1 fully saturated rings. The van der Waals surface area contributed by atoms with Crippen LogP contribution < -0.4 is 4.90 Å². The zero-order valence-electron chi connectivity index (χ0n) is 18.0. The first kappa shape index (κ1) is 21.3. The highest BCUT2D eigenvalue weighted by molar-refractivity contribution is 6.33. The molecule has 0 aliphatic carbocycles. The van der Waals surface area contributed by atoms with E-state index >= 15 is 0 Å². The van der Waals surface area contributed by atoms with Crippen LogP contribution in [0.25, 0.3) is 17.1 Å². The van der Waals surface area contributed by atoms with E-state index in [2.05, 4.69) is 10.00 Å². The minimum absolute atomic E-state index is 0.139. The second kappa shape index (κ2) is 8.75. The number of benzene rings is 2. The van der Waals surface area contributed by atoms with Crippen LogP contribution in [0, 0.1) is 12.7 Å². The Hall–Kier alpha value is -3.58. The molecule has 8 heteroatoms. The van der Waals surface area contributed by atoms with Crippen molar-refractivity contribution in [1.82, 2.24) is 14.7 Å². The van der Waals surface area contributed by atoms with Crippen molar-refractivity contribution < 1.29 is 13.6 Å². The summed E-state index contributed by atoms with van der Waals surface area (Å²) in [5, 5.41) is 5.31. The first-order valence-electron chi connectivity index (χ1n) is 10.7. The average Bonchev–Trinajstić information content (AvgIpc) is 3.46. The van der Waals surface area contributed by atoms with Crippen molar-refractivity contribution in [3.8, 4) is 17.1 Å². The molecule has 2 aromatic carbocycles. The summed E-state index contributed by atoms with van der Waals surface area (Å²) in [4.78, 5) is 17.5. The summed E-state index contributed by atoms with van der Waals surface area (Å²) in [6.45, 7) is 4.29. The maximum atomic E-state index is 13.5. The van der Waals surface area contributed by atoms with Crippen molar-refractivity contribution in [2.45, 2.75) is 6.92 Å². The van der Waals surface area contributed by atoms with Gasteiger partial charge in [-0.3, -0.25) is 4.79 Å². The van der Waals surface area contributed by atoms with E-state index in [9.17, 15) is 9.18 Å². The number of nitrogens with zero attached hydrogens (tertiary/aromatic N) is 4. The molecule has 5 rings (SSSR count). The van der Waals surface area contributed by atoms with Gasteiger partial charge in [0.1, 0.15) is 23.0 Å². The number of halogens is 2. The number of aromatic nitrogens is 2. The Bertz CT molecular complexity index is 1290. The van der Waals surface area contributed by atoms with Gasteiger partial charge in [-0.1, -0.05) is 23.7 Å². The fourth-order valence-electron chi connectivity index (χ4n) is 4.03. The number of rotatable bonds is 4. The Kier molecular flexibility index (Phi) is 5.64. The van der Waals surface area contributed by atoms with Crippen LogP contribution in [-0.2, 0) is 0 Å². The molecule has 0 unspecified atom stereocenters. The van der Waals surface area contributed by atoms with Gasteiger partial charge in [0.25, 0.3) is 5.91 Å². The molecule has 0 spiro atoms. The van der Waals surface area contributed by atoms with Gasteiger partial charge < -0.3 is 14.2 Å². The highest BCUT2D eigenvalue weighted by Crippen LogP contribution is 2.28. The van der Waals surface area contributed by atoms with Gasteiger partial charge in [0.15, 0.2) is 5.76 Å². The highest BCUT2D eigenvalue weighted by atomic mass is 35.5. The van der Waals surface area contributed by atoms with Crippen molar-refractivity contribution in [3.63, 3.8) is 0 Å². The number of anilines is 1. The lowest BCUT2D eigenvalue weighted by atomic mass is 10.2. The molecule has 1 saturated heterocycles. The normalized spacial score (nSPS) is 14.0. The predicted molar refractivity (Wildman–Crippen MR) is 126 cm³/mol. The van der Waals surface area contributed by atoms with Crippen LogP contribution >= 0.6 is 11.6 Å². The Morgan fingerprint density at radius 3 is 2.39 bits per heavy atom. The smallest absolute Gasteiger partial charge is 0.272 e. The lowest BCUT2D eigenvalue weighted by Gasteiger charge is -2.36. The van der Waals surface area contributed by atoms with Gasteiger partial charge in [-0.25, -0.2) is 9.07 Å². The molecule has 1 aliphatic rings. The zero-order chi connectivity index (χ0) is 22.9. The van der Waals surface area contributed by atoms with Gasteiger partial charge in [0, 0.05) is 32.2 Å². The summed E-state index contributed by atoms with van der Waals surface area (Å²) in [5.41, 5.74) is 2.52. The van der Waals surface area contributed by atoms with E-state index in [0.29, 0.717) is 54.0 Å². The first-order chi connectivity index (χ1) is 16.0. The monoisotopic (exact) mass is 464 g/mol. The molecular weight excluding hydrogens is 443 g/mol. The van der Waals surface area contributed by atoms with E-state index in [1.165, 1.54) is 12.1 Å². The Balaban J connectivity index is 1.43. The molecule has 0 saturated carbocycles. The molecular formula is C25H22ClFN4O2. The molecule has 0 atom stereocenters. The molecule has 0 bridgehead atoms. The molecule has 168 valence electrons. The maximum absolute atomic E-state index is 13.5. The summed E-state index contributed by atoms with van der Waals surface area (Å²) in [7, 11) is 0. The minimum atomic E-state index is -0.351. The second-order valence-electron chi connectivity index (χ2n) is 7.94. The molecule has 0 radical (unpaired) electrons. The van der Waals surface area contributed by atoms with Crippen LogP contribution in [0.2, 0.25) is 5.02 Å².